The van der Waals surface area contributed by atoms with Crippen molar-refractivity contribution in [3.63, 3.8) is 0 Å². The minimum Gasteiger partial charge on any atom is -0.391 e. The van der Waals surface area contributed by atoms with Crippen LogP contribution in [0.4, 0.5) is 8.78 Å². The molecule has 0 amide bonds. The van der Waals surface area contributed by atoms with Gasteiger partial charge in [-0.1, -0.05) is 6.92 Å². The van der Waals surface area contributed by atoms with Gasteiger partial charge in [-0.2, -0.15) is 0 Å². The third-order valence-corrected chi connectivity index (χ3v) is 1.26. The third-order valence-electron chi connectivity index (χ3n) is 1.26. The molecule has 0 aliphatic heterocycles. The third kappa shape index (κ3) is 7.68. The zero-order valence-electron chi connectivity index (χ0n) is 6.59. The minimum absolute atomic E-state index is 0.0225. The van der Waals surface area contributed by atoms with Crippen molar-refractivity contribution in [2.45, 2.75) is 32.3 Å². The van der Waals surface area contributed by atoms with Crippen LogP contribution in [0.1, 0.15) is 19.8 Å². The summed E-state index contributed by atoms with van der Waals surface area (Å²) in [6.45, 7) is 1.99. The molecule has 0 spiro atoms. The number of halogens is 2. The predicted octanol–water partition coefficient (Wildman–Crippen LogP) is 1.43. The molecule has 2 nitrogen and oxygen atoms in total. The van der Waals surface area contributed by atoms with Gasteiger partial charge in [0.25, 0.3) is 0 Å². The molecule has 0 heterocycles. The van der Waals surface area contributed by atoms with Gasteiger partial charge in [-0.3, -0.25) is 0 Å². The summed E-state index contributed by atoms with van der Waals surface area (Å²) >= 11 is 0. The average molecular weight is 168 g/mol. The second kappa shape index (κ2) is 6.49. The molecule has 0 aliphatic carbocycles. The lowest BCUT2D eigenvalue weighted by Crippen LogP contribution is -2.15. The van der Waals surface area contributed by atoms with Gasteiger partial charge >= 0.3 is 0 Å². The Hall–Kier alpha value is -0.220. The van der Waals surface area contributed by atoms with Crippen LogP contribution in [0.2, 0.25) is 0 Å². The van der Waals surface area contributed by atoms with Gasteiger partial charge in [0, 0.05) is 6.42 Å². The smallest absolute Gasteiger partial charge is 0.240 e. The normalized spacial score (nSPS) is 13.9. The quantitative estimate of drug-likeness (QED) is 0.608. The van der Waals surface area contributed by atoms with Gasteiger partial charge in [0.2, 0.25) is 6.43 Å². The fraction of sp³-hybridized carbons (Fsp3) is 1.00. The highest BCUT2D eigenvalue weighted by Gasteiger charge is 2.03. The second-order valence-corrected chi connectivity index (χ2v) is 2.32. The van der Waals surface area contributed by atoms with Crippen molar-refractivity contribution in [2.75, 3.05) is 13.2 Å². The van der Waals surface area contributed by atoms with E-state index in [1.807, 2.05) is 0 Å². The van der Waals surface area contributed by atoms with Crippen LogP contribution in [0.15, 0.2) is 0 Å². The van der Waals surface area contributed by atoms with E-state index in [-0.39, 0.29) is 19.6 Å². The molecule has 0 aromatic carbocycles. The maximum Gasteiger partial charge on any atom is 0.240 e. The van der Waals surface area contributed by atoms with Crippen LogP contribution < -0.4 is 0 Å². The van der Waals surface area contributed by atoms with Crippen molar-refractivity contribution in [2.24, 2.45) is 0 Å². The Morgan fingerprint density at radius 2 is 2.09 bits per heavy atom. The lowest BCUT2D eigenvalue weighted by atomic mass is 10.3. The van der Waals surface area contributed by atoms with Crippen molar-refractivity contribution in [3.8, 4) is 0 Å². The average Bonchev–Trinajstić information content (AvgIpc) is 1.97. The Labute approximate surface area is 65.2 Å². The van der Waals surface area contributed by atoms with E-state index in [0.717, 1.165) is 0 Å². The van der Waals surface area contributed by atoms with Crippen molar-refractivity contribution in [3.05, 3.63) is 0 Å². The molecule has 0 aromatic rings. The Morgan fingerprint density at radius 1 is 1.45 bits per heavy atom. The standard InChI is InChI=1S/C7H14F2O2/c1-2-6(10)5-11-4-3-7(8)9/h6-7,10H,2-5H2,1H3. The van der Waals surface area contributed by atoms with Crippen LogP contribution in [0, 0.1) is 0 Å². The molecule has 0 rings (SSSR count). The van der Waals surface area contributed by atoms with Crippen LogP contribution in [0.25, 0.3) is 0 Å². The number of hydrogen-bond acceptors (Lipinski definition) is 2. The van der Waals surface area contributed by atoms with Crippen molar-refractivity contribution < 1.29 is 18.6 Å². The van der Waals surface area contributed by atoms with E-state index in [9.17, 15) is 8.78 Å². The van der Waals surface area contributed by atoms with Crippen molar-refractivity contribution in [1.82, 2.24) is 0 Å². The van der Waals surface area contributed by atoms with Gasteiger partial charge in [-0.15, -0.1) is 0 Å². The molecule has 1 unspecified atom stereocenters. The topological polar surface area (TPSA) is 29.5 Å². The lowest BCUT2D eigenvalue weighted by Gasteiger charge is -2.07. The summed E-state index contributed by atoms with van der Waals surface area (Å²) in [4.78, 5) is 0. The summed E-state index contributed by atoms with van der Waals surface area (Å²) in [5.74, 6) is 0. The Bertz CT molecular complexity index is 88.5. The number of hydrogen-bond donors (Lipinski definition) is 1. The molecule has 1 atom stereocenters. The number of alkyl halides is 2. The Kier molecular flexibility index (Phi) is 6.36. The molecular formula is C7H14F2O2. The van der Waals surface area contributed by atoms with Crippen LogP contribution >= 0.6 is 0 Å². The van der Waals surface area contributed by atoms with Crippen LogP contribution in [0.3, 0.4) is 0 Å². The summed E-state index contributed by atoms with van der Waals surface area (Å²) in [6.07, 6.45) is -2.49. The van der Waals surface area contributed by atoms with Crippen LogP contribution in [-0.2, 0) is 4.74 Å². The molecule has 0 fully saturated rings. The van der Waals surface area contributed by atoms with Gasteiger partial charge in [0.1, 0.15) is 0 Å². The molecular weight excluding hydrogens is 154 g/mol. The van der Waals surface area contributed by atoms with E-state index >= 15 is 0 Å². The zero-order chi connectivity index (χ0) is 8.69. The van der Waals surface area contributed by atoms with E-state index in [0.29, 0.717) is 6.42 Å². The molecule has 0 saturated carbocycles. The number of aliphatic hydroxyl groups excluding tert-OH is 1. The maximum absolute atomic E-state index is 11.5. The van der Waals surface area contributed by atoms with Gasteiger partial charge < -0.3 is 9.84 Å². The van der Waals surface area contributed by atoms with Crippen molar-refractivity contribution >= 4 is 0 Å². The minimum atomic E-state index is -2.31. The highest BCUT2D eigenvalue weighted by atomic mass is 19.3. The molecule has 0 aliphatic rings. The van der Waals surface area contributed by atoms with Gasteiger partial charge in [0.15, 0.2) is 0 Å². The number of ether oxygens (including phenoxy) is 1. The van der Waals surface area contributed by atoms with Crippen LogP contribution in [-0.4, -0.2) is 30.8 Å². The monoisotopic (exact) mass is 168 g/mol. The highest BCUT2D eigenvalue weighted by Crippen LogP contribution is 1.99. The van der Waals surface area contributed by atoms with Crippen molar-refractivity contribution in [1.29, 1.82) is 0 Å². The summed E-state index contributed by atoms with van der Waals surface area (Å²) in [5.41, 5.74) is 0. The van der Waals surface area contributed by atoms with Crippen LogP contribution in [0.5, 0.6) is 0 Å². The molecule has 0 radical (unpaired) electrons. The first-order valence-electron chi connectivity index (χ1n) is 3.70. The molecule has 0 bridgehead atoms. The van der Waals surface area contributed by atoms with E-state index < -0.39 is 12.5 Å². The van der Waals surface area contributed by atoms with E-state index in [4.69, 9.17) is 9.84 Å². The second-order valence-electron chi connectivity index (χ2n) is 2.32. The maximum atomic E-state index is 11.5. The summed E-state index contributed by atoms with van der Waals surface area (Å²) in [7, 11) is 0. The Morgan fingerprint density at radius 3 is 2.55 bits per heavy atom. The fourth-order valence-electron chi connectivity index (χ4n) is 0.510. The largest absolute Gasteiger partial charge is 0.391 e. The first kappa shape index (κ1) is 10.8. The summed E-state index contributed by atoms with van der Waals surface area (Å²) in [5, 5.41) is 8.91. The number of rotatable bonds is 6. The predicted molar refractivity (Wildman–Crippen MR) is 37.7 cm³/mol. The summed E-state index contributed by atoms with van der Waals surface area (Å²) < 4.78 is 27.8. The van der Waals surface area contributed by atoms with Gasteiger partial charge in [-0.25, -0.2) is 8.78 Å². The van der Waals surface area contributed by atoms with E-state index in [1.165, 1.54) is 0 Å². The van der Waals surface area contributed by atoms with E-state index in [1.54, 1.807) is 6.92 Å². The molecule has 11 heavy (non-hydrogen) atoms. The highest BCUT2D eigenvalue weighted by molar-refractivity contribution is 4.48. The molecule has 0 aromatic heterocycles. The fourth-order valence-corrected chi connectivity index (χ4v) is 0.510. The zero-order valence-corrected chi connectivity index (χ0v) is 6.59. The molecule has 4 heteroatoms. The summed E-state index contributed by atoms with van der Waals surface area (Å²) in [6, 6.07) is 0. The lowest BCUT2D eigenvalue weighted by molar-refractivity contribution is 0.0142. The molecule has 68 valence electrons. The molecule has 0 saturated heterocycles. The van der Waals surface area contributed by atoms with E-state index in [2.05, 4.69) is 0 Å². The first-order chi connectivity index (χ1) is 5.16. The van der Waals surface area contributed by atoms with Gasteiger partial charge in [0.05, 0.1) is 19.3 Å². The number of aliphatic hydroxyl groups is 1. The molecule has 1 N–H and O–H groups in total. The first-order valence-corrected chi connectivity index (χ1v) is 3.70. The SMILES string of the molecule is CCC(O)COCCC(F)F. The Balaban J connectivity index is 3.01. The van der Waals surface area contributed by atoms with Gasteiger partial charge in [-0.05, 0) is 6.42 Å².